The number of nitrogens with zero attached hydrogens (tertiary/aromatic N) is 3. The molecule has 2 aliphatic carbocycles. The smallest absolute Gasteiger partial charge is 0.369 e. The molecule has 0 unspecified atom stereocenters. The molecule has 2 saturated carbocycles. The molecule has 2 fully saturated rings. The van der Waals surface area contributed by atoms with Crippen molar-refractivity contribution in [2.24, 2.45) is 21.5 Å². The lowest BCUT2D eigenvalue weighted by atomic mass is 10.2. The zero-order valence-corrected chi connectivity index (χ0v) is 12.4. The standard InChI is InChI=1S/C15H18F3N5/c16-15(17,18)9-1-3-10(4-2-9)21-13(19)22-14(20)23(11-5-6-11)12-7-8-12/h1-4,11-12H,5-8H2,(H4,19,20,21,22). The van der Waals surface area contributed by atoms with Gasteiger partial charge in [-0.2, -0.15) is 18.2 Å². The SMILES string of the molecule is NC(=Nc1ccc(C(F)(F)F)cc1)/N=C(\N)N(C1CC1)C1CC1. The summed E-state index contributed by atoms with van der Waals surface area (Å²) < 4.78 is 37.5. The second-order valence-electron chi connectivity index (χ2n) is 5.85. The van der Waals surface area contributed by atoms with Gasteiger partial charge in [0.15, 0.2) is 5.96 Å². The maximum absolute atomic E-state index is 12.5. The molecular weight excluding hydrogens is 307 g/mol. The van der Waals surface area contributed by atoms with Crippen molar-refractivity contribution in [3.63, 3.8) is 0 Å². The molecule has 0 aliphatic heterocycles. The molecule has 0 spiro atoms. The lowest BCUT2D eigenvalue weighted by Gasteiger charge is -2.22. The fourth-order valence-electron chi connectivity index (χ4n) is 2.43. The van der Waals surface area contributed by atoms with E-state index in [1.54, 1.807) is 0 Å². The summed E-state index contributed by atoms with van der Waals surface area (Å²) in [5.41, 5.74) is 11.3. The molecule has 0 atom stereocenters. The zero-order chi connectivity index (χ0) is 16.6. The summed E-state index contributed by atoms with van der Waals surface area (Å²) in [6.45, 7) is 0. The Bertz CT molecular complexity index is 616. The molecule has 0 heterocycles. The first-order valence-electron chi connectivity index (χ1n) is 7.48. The van der Waals surface area contributed by atoms with E-state index in [0.717, 1.165) is 37.8 Å². The second kappa shape index (κ2) is 5.75. The highest BCUT2D eigenvalue weighted by Crippen LogP contribution is 2.37. The third-order valence-corrected chi connectivity index (χ3v) is 3.81. The van der Waals surface area contributed by atoms with Gasteiger partial charge in [-0.15, -0.1) is 0 Å². The van der Waals surface area contributed by atoms with Crippen molar-refractivity contribution in [3.8, 4) is 0 Å². The molecule has 124 valence electrons. The average molecular weight is 325 g/mol. The molecule has 4 N–H and O–H groups in total. The van der Waals surface area contributed by atoms with Crippen LogP contribution in [-0.4, -0.2) is 28.9 Å². The Labute approximate surface area is 131 Å². The van der Waals surface area contributed by atoms with Crippen LogP contribution in [0.4, 0.5) is 18.9 Å². The molecule has 3 rings (SSSR count). The van der Waals surface area contributed by atoms with Crippen molar-refractivity contribution in [2.45, 2.75) is 43.9 Å². The summed E-state index contributed by atoms with van der Waals surface area (Å²) in [7, 11) is 0. The third-order valence-electron chi connectivity index (χ3n) is 3.81. The number of hydrogen-bond donors (Lipinski definition) is 2. The number of alkyl halides is 3. The first-order chi connectivity index (χ1) is 10.8. The van der Waals surface area contributed by atoms with E-state index in [1.807, 2.05) is 0 Å². The summed E-state index contributed by atoms with van der Waals surface area (Å²) in [6.07, 6.45) is 0.0298. The average Bonchev–Trinajstić information content (AvgIpc) is 3.33. The largest absolute Gasteiger partial charge is 0.416 e. The number of aliphatic imine (C=N–C) groups is 2. The van der Waals surface area contributed by atoms with Crippen molar-refractivity contribution in [1.82, 2.24) is 4.90 Å². The minimum Gasteiger partial charge on any atom is -0.369 e. The van der Waals surface area contributed by atoms with Gasteiger partial charge in [-0.25, -0.2) is 4.99 Å². The van der Waals surface area contributed by atoms with Crippen molar-refractivity contribution < 1.29 is 13.2 Å². The number of hydrogen-bond acceptors (Lipinski definition) is 1. The predicted octanol–water partition coefficient (Wildman–Crippen LogP) is 2.59. The number of nitrogens with two attached hydrogens (primary N) is 2. The summed E-state index contributed by atoms with van der Waals surface area (Å²) in [4.78, 5) is 10.2. The Balaban J connectivity index is 1.72. The van der Waals surface area contributed by atoms with E-state index < -0.39 is 11.7 Å². The third kappa shape index (κ3) is 3.94. The summed E-state index contributed by atoms with van der Waals surface area (Å²) in [5.74, 6) is 0.275. The van der Waals surface area contributed by atoms with Gasteiger partial charge in [0.1, 0.15) is 0 Å². The number of benzene rings is 1. The molecule has 2 aliphatic rings. The molecule has 0 saturated heterocycles. The Morgan fingerprint density at radius 2 is 1.52 bits per heavy atom. The first kappa shape index (κ1) is 15.6. The van der Waals surface area contributed by atoms with E-state index in [1.165, 1.54) is 12.1 Å². The Morgan fingerprint density at radius 3 is 1.96 bits per heavy atom. The quantitative estimate of drug-likeness (QED) is 0.662. The van der Waals surface area contributed by atoms with Gasteiger partial charge >= 0.3 is 6.18 Å². The highest BCUT2D eigenvalue weighted by atomic mass is 19.4. The lowest BCUT2D eigenvalue weighted by Crippen LogP contribution is -2.41. The van der Waals surface area contributed by atoms with Gasteiger partial charge in [-0.3, -0.25) is 0 Å². The maximum Gasteiger partial charge on any atom is 0.416 e. The fourth-order valence-corrected chi connectivity index (χ4v) is 2.43. The predicted molar refractivity (Wildman–Crippen MR) is 82.2 cm³/mol. The van der Waals surface area contributed by atoms with Crippen LogP contribution < -0.4 is 11.5 Å². The number of rotatable bonds is 3. The molecule has 0 radical (unpaired) electrons. The van der Waals surface area contributed by atoms with Crippen LogP contribution in [0, 0.1) is 0 Å². The first-order valence-corrected chi connectivity index (χ1v) is 7.48. The van der Waals surface area contributed by atoms with Crippen LogP contribution in [0.2, 0.25) is 0 Å². The zero-order valence-electron chi connectivity index (χ0n) is 12.4. The molecule has 1 aromatic rings. The van der Waals surface area contributed by atoms with Crippen molar-refractivity contribution >= 4 is 17.6 Å². The highest BCUT2D eigenvalue weighted by Gasteiger charge is 2.40. The van der Waals surface area contributed by atoms with Crippen LogP contribution in [0.5, 0.6) is 0 Å². The lowest BCUT2D eigenvalue weighted by molar-refractivity contribution is -0.137. The van der Waals surface area contributed by atoms with E-state index in [4.69, 9.17) is 11.5 Å². The van der Waals surface area contributed by atoms with Crippen molar-refractivity contribution in [1.29, 1.82) is 0 Å². The van der Waals surface area contributed by atoms with Crippen LogP contribution >= 0.6 is 0 Å². The summed E-state index contributed by atoms with van der Waals surface area (Å²) in [5, 5.41) is 0. The molecular formula is C15H18F3N5. The Morgan fingerprint density at radius 1 is 1.00 bits per heavy atom. The Kier molecular flexibility index (Phi) is 3.91. The van der Waals surface area contributed by atoms with E-state index in [9.17, 15) is 13.2 Å². The van der Waals surface area contributed by atoms with Crippen LogP contribution in [0.3, 0.4) is 0 Å². The van der Waals surface area contributed by atoms with E-state index >= 15 is 0 Å². The van der Waals surface area contributed by atoms with Gasteiger partial charge in [-0.1, -0.05) is 0 Å². The normalized spacial score (nSPS) is 19.8. The fraction of sp³-hybridized carbons (Fsp3) is 0.467. The Hall–Kier alpha value is -2.25. The second-order valence-corrected chi connectivity index (χ2v) is 5.85. The number of guanidine groups is 2. The van der Waals surface area contributed by atoms with Gasteiger partial charge in [0.05, 0.1) is 11.3 Å². The van der Waals surface area contributed by atoms with Crippen LogP contribution in [-0.2, 0) is 6.18 Å². The van der Waals surface area contributed by atoms with Gasteiger partial charge in [-0.05, 0) is 49.9 Å². The number of halogens is 3. The summed E-state index contributed by atoms with van der Waals surface area (Å²) in [6, 6.07) is 5.29. The minimum atomic E-state index is -4.37. The topological polar surface area (TPSA) is 80.0 Å². The van der Waals surface area contributed by atoms with Crippen LogP contribution in [0.25, 0.3) is 0 Å². The van der Waals surface area contributed by atoms with Crippen molar-refractivity contribution in [2.75, 3.05) is 0 Å². The monoisotopic (exact) mass is 325 g/mol. The highest BCUT2D eigenvalue weighted by molar-refractivity contribution is 5.94. The van der Waals surface area contributed by atoms with Crippen LogP contribution in [0.15, 0.2) is 34.3 Å². The molecule has 0 amide bonds. The van der Waals surface area contributed by atoms with Crippen LogP contribution in [0.1, 0.15) is 31.2 Å². The molecule has 0 aromatic heterocycles. The van der Waals surface area contributed by atoms with Crippen molar-refractivity contribution in [3.05, 3.63) is 29.8 Å². The van der Waals surface area contributed by atoms with E-state index in [2.05, 4.69) is 14.9 Å². The van der Waals surface area contributed by atoms with E-state index in [0.29, 0.717) is 23.7 Å². The van der Waals surface area contributed by atoms with Gasteiger partial charge in [0, 0.05) is 12.1 Å². The molecule has 23 heavy (non-hydrogen) atoms. The molecule has 1 aromatic carbocycles. The van der Waals surface area contributed by atoms with Gasteiger partial charge in [0.25, 0.3) is 0 Å². The van der Waals surface area contributed by atoms with E-state index in [-0.39, 0.29) is 5.96 Å². The molecule has 5 nitrogen and oxygen atoms in total. The molecule has 8 heteroatoms. The maximum atomic E-state index is 12.5. The minimum absolute atomic E-state index is 0.0615. The van der Waals surface area contributed by atoms with Gasteiger partial charge in [0.2, 0.25) is 5.96 Å². The molecule has 0 bridgehead atoms. The summed E-state index contributed by atoms with van der Waals surface area (Å²) >= 11 is 0. The van der Waals surface area contributed by atoms with Gasteiger partial charge < -0.3 is 16.4 Å².